The standard InChI is InChI=1S/C57H98O24/c1-9-10-16-46(67)78-44-25-49(76-34(8)52(44)72)75-33(7)29(3)50(70)30(4)51(71)31(5)53-32(6)54-55(80-54)41(62)15-12-14-39(77-48(69)26-45(65)66)22-38(61)23-40-24-42(63)56(73)57(74,81-40)27-43(64)28(2)18-19-36(59)21-37(60)20-35(58)13-11-17-47(68)79-53/h11,17,28-44,49-56,58-64,70-74H,9-10,12-16,18-27H2,1-8H3,(H,65,66)/b17-11+/t28-,29-,30-,31-,32-,33+,34+,35+,36-,37+,38+,39-,40+,41+,42-,43+,44+,49-,50-,51-,52-,53+,54+,55+,56+,57-/m0/s1. The second-order valence-electron chi connectivity index (χ2n) is 23.9. The van der Waals surface area contributed by atoms with Gasteiger partial charge in [0.15, 0.2) is 12.1 Å². The van der Waals surface area contributed by atoms with Gasteiger partial charge < -0.3 is 99.5 Å². The molecule has 0 saturated carbocycles. The van der Waals surface area contributed by atoms with Crippen molar-refractivity contribution in [2.24, 2.45) is 29.6 Å². The number of carbonyl (C=O) groups excluding carboxylic acids is 3. The topological polar surface area (TPSA) is 399 Å². The summed E-state index contributed by atoms with van der Waals surface area (Å²) in [5.41, 5.74) is 0. The number of aliphatic hydroxyl groups excluding tert-OH is 11. The molecule has 4 rings (SSSR count). The van der Waals surface area contributed by atoms with Crippen molar-refractivity contribution >= 4 is 23.9 Å². The molecule has 0 spiro atoms. The molecule has 2 bridgehead atoms. The predicted molar refractivity (Wildman–Crippen MR) is 286 cm³/mol. The van der Waals surface area contributed by atoms with Gasteiger partial charge in [-0.15, -0.1) is 0 Å². The van der Waals surface area contributed by atoms with E-state index in [1.54, 1.807) is 48.5 Å². The summed E-state index contributed by atoms with van der Waals surface area (Å²) >= 11 is 0. The Hall–Kier alpha value is -3.02. The monoisotopic (exact) mass is 1170 g/mol. The number of unbranched alkanes of at least 4 members (excludes halogenated alkanes) is 1. The Labute approximate surface area is 475 Å². The fourth-order valence-corrected chi connectivity index (χ4v) is 11.5. The summed E-state index contributed by atoms with van der Waals surface area (Å²) in [6, 6.07) is 0. The third-order valence-corrected chi connectivity index (χ3v) is 16.9. The first-order valence-corrected chi connectivity index (χ1v) is 29.3. The summed E-state index contributed by atoms with van der Waals surface area (Å²) < 4.78 is 41.0. The van der Waals surface area contributed by atoms with Gasteiger partial charge in [0.2, 0.25) is 0 Å². The minimum atomic E-state index is -2.47. The summed E-state index contributed by atoms with van der Waals surface area (Å²) in [5.74, 6) is -10.0. The molecule has 26 atom stereocenters. The highest BCUT2D eigenvalue weighted by Crippen LogP contribution is 2.41. The second kappa shape index (κ2) is 33.0. The van der Waals surface area contributed by atoms with E-state index in [2.05, 4.69) is 0 Å². The first-order chi connectivity index (χ1) is 37.9. The van der Waals surface area contributed by atoms with Crippen molar-refractivity contribution in [1.82, 2.24) is 0 Å². The maximum Gasteiger partial charge on any atom is 0.330 e. The van der Waals surface area contributed by atoms with Crippen molar-refractivity contribution in [1.29, 1.82) is 0 Å². The number of esters is 3. The molecule has 0 aromatic carbocycles. The molecule has 470 valence electrons. The lowest BCUT2D eigenvalue weighted by atomic mass is 9.77. The number of hydrogen-bond donors (Lipinski definition) is 13. The van der Waals surface area contributed by atoms with E-state index in [0.717, 1.165) is 12.5 Å². The van der Waals surface area contributed by atoms with E-state index in [1.807, 2.05) is 6.92 Å². The number of carbonyl (C=O) groups is 4. The lowest BCUT2D eigenvalue weighted by molar-refractivity contribution is -0.333. The predicted octanol–water partition coefficient (Wildman–Crippen LogP) is 1.18. The van der Waals surface area contributed by atoms with Gasteiger partial charge in [0.25, 0.3) is 0 Å². The molecule has 3 fully saturated rings. The van der Waals surface area contributed by atoms with Gasteiger partial charge in [-0.25, -0.2) is 4.79 Å². The zero-order valence-electron chi connectivity index (χ0n) is 48.4. The molecule has 3 saturated heterocycles. The summed E-state index contributed by atoms with van der Waals surface area (Å²) in [5, 5.41) is 143. The molecule has 0 radical (unpaired) electrons. The summed E-state index contributed by atoms with van der Waals surface area (Å²) in [6.07, 6.45) is -20.3. The van der Waals surface area contributed by atoms with Crippen LogP contribution in [0.3, 0.4) is 0 Å². The number of cyclic esters (lactones) is 1. The molecule has 0 unspecified atom stereocenters. The third kappa shape index (κ3) is 22.1. The van der Waals surface area contributed by atoms with E-state index >= 15 is 0 Å². The van der Waals surface area contributed by atoms with Gasteiger partial charge in [0, 0.05) is 61.9 Å². The Balaban J connectivity index is 1.53. The van der Waals surface area contributed by atoms with E-state index in [9.17, 15) is 85.6 Å². The van der Waals surface area contributed by atoms with Crippen LogP contribution < -0.4 is 0 Å². The largest absolute Gasteiger partial charge is 0.481 e. The lowest BCUT2D eigenvalue weighted by Crippen LogP contribution is -2.59. The first kappa shape index (κ1) is 70.5. The Bertz CT molecular complexity index is 1940. The quantitative estimate of drug-likeness (QED) is 0.0474. The molecule has 0 aliphatic carbocycles. The van der Waals surface area contributed by atoms with Crippen molar-refractivity contribution in [2.45, 2.75) is 293 Å². The smallest absolute Gasteiger partial charge is 0.330 e. The molecule has 4 aliphatic rings. The van der Waals surface area contributed by atoms with Crippen LogP contribution in [0.15, 0.2) is 12.2 Å². The number of fused-ring (bicyclic) bond motifs is 3. The van der Waals surface area contributed by atoms with Gasteiger partial charge >= 0.3 is 23.9 Å². The van der Waals surface area contributed by atoms with Crippen molar-refractivity contribution < 1.29 is 119 Å². The van der Waals surface area contributed by atoms with Gasteiger partial charge in [-0.1, -0.05) is 54.0 Å². The number of carboxylic acids is 1. The van der Waals surface area contributed by atoms with Crippen molar-refractivity contribution in [2.75, 3.05) is 0 Å². The molecule has 81 heavy (non-hydrogen) atoms. The average Bonchev–Trinajstić information content (AvgIpc) is 4.22. The molecular formula is C57H98O24. The fraction of sp³-hybridized carbons (Fsp3) is 0.895. The van der Waals surface area contributed by atoms with Crippen molar-refractivity contribution in [3.63, 3.8) is 0 Å². The number of carboxylic acid groups (broad SMARTS) is 1. The summed E-state index contributed by atoms with van der Waals surface area (Å²) in [7, 11) is 0. The highest BCUT2D eigenvalue weighted by molar-refractivity contribution is 5.90. The van der Waals surface area contributed by atoms with Gasteiger partial charge in [-0.2, -0.15) is 0 Å². The number of aliphatic carboxylic acids is 1. The number of aliphatic hydroxyl groups is 12. The Morgan fingerprint density at radius 3 is 2.06 bits per heavy atom. The van der Waals surface area contributed by atoms with Gasteiger partial charge in [-0.3, -0.25) is 14.4 Å². The minimum absolute atomic E-state index is 0.0265. The average molecular weight is 1170 g/mol. The molecule has 13 N–H and O–H groups in total. The maximum atomic E-state index is 13.6. The van der Waals surface area contributed by atoms with Crippen LogP contribution in [0.1, 0.15) is 165 Å². The van der Waals surface area contributed by atoms with Gasteiger partial charge in [-0.05, 0) is 84.0 Å². The van der Waals surface area contributed by atoms with Crippen LogP contribution in [-0.4, -0.2) is 218 Å². The van der Waals surface area contributed by atoms with E-state index < -0.39 is 194 Å². The molecule has 4 aliphatic heterocycles. The second-order valence-corrected chi connectivity index (χ2v) is 23.9. The zero-order chi connectivity index (χ0) is 60.6. The SMILES string of the molecule is CCCCC(=O)O[C@@H]1C[C@@H](O[C@H](C)[C@H](C)[C@H](O)[C@H](C)[C@H](O)[C@H](C)[C@H]2OC(=O)/C=C/C[C@@H](O)C[C@@H](O)C[C@@H](O)CC[C@H](C)[C@H](O)C[C@]3(O)O[C@H](C[C@H](O)C[C@@H](OC(=O)CC(=O)O)CCC[C@@H](O)[C@H]4O[C@@H]4[C@H]2C)C[C@H](O)[C@H]3O)O[C@H](C)[C@@H]1O. The van der Waals surface area contributed by atoms with Crippen LogP contribution in [0, 0.1) is 29.6 Å². The van der Waals surface area contributed by atoms with Crippen molar-refractivity contribution in [3.8, 4) is 0 Å². The van der Waals surface area contributed by atoms with E-state index in [-0.39, 0.29) is 83.5 Å². The third-order valence-electron chi connectivity index (χ3n) is 16.9. The normalized spacial score (nSPS) is 40.3. The number of epoxide rings is 1. The van der Waals surface area contributed by atoms with E-state index in [4.69, 9.17) is 33.2 Å². The molecule has 4 heterocycles. The van der Waals surface area contributed by atoms with E-state index in [1.165, 1.54) is 6.08 Å². The number of hydrogen-bond acceptors (Lipinski definition) is 23. The van der Waals surface area contributed by atoms with Crippen LogP contribution in [0.4, 0.5) is 0 Å². The molecule has 24 heteroatoms. The van der Waals surface area contributed by atoms with E-state index in [0.29, 0.717) is 6.42 Å². The molecular weight excluding hydrogens is 1070 g/mol. The highest BCUT2D eigenvalue weighted by Gasteiger charge is 2.53. The summed E-state index contributed by atoms with van der Waals surface area (Å²) in [6.45, 7) is 13.6. The van der Waals surface area contributed by atoms with Crippen LogP contribution in [0.2, 0.25) is 0 Å². The highest BCUT2D eigenvalue weighted by atomic mass is 16.7. The lowest BCUT2D eigenvalue weighted by Gasteiger charge is -2.45. The van der Waals surface area contributed by atoms with Crippen LogP contribution in [0.25, 0.3) is 0 Å². The fourth-order valence-electron chi connectivity index (χ4n) is 11.5. The number of rotatable bonds is 15. The Morgan fingerprint density at radius 2 is 1.40 bits per heavy atom. The molecule has 0 aromatic rings. The summed E-state index contributed by atoms with van der Waals surface area (Å²) in [4.78, 5) is 50.0. The van der Waals surface area contributed by atoms with Crippen LogP contribution >= 0.6 is 0 Å². The van der Waals surface area contributed by atoms with Gasteiger partial charge in [0.05, 0.1) is 79.4 Å². The molecule has 24 nitrogen and oxygen atoms in total. The molecule has 0 amide bonds. The number of ether oxygens (including phenoxy) is 7. The first-order valence-electron chi connectivity index (χ1n) is 29.3. The zero-order valence-corrected chi connectivity index (χ0v) is 48.4. The molecule has 0 aromatic heterocycles. The Kier molecular flexibility index (Phi) is 28.7. The Morgan fingerprint density at radius 1 is 0.728 bits per heavy atom. The van der Waals surface area contributed by atoms with Crippen LogP contribution in [-0.2, 0) is 52.3 Å². The maximum absolute atomic E-state index is 13.6. The van der Waals surface area contributed by atoms with Gasteiger partial charge in [0.1, 0.15) is 43.0 Å². The minimum Gasteiger partial charge on any atom is -0.481 e. The van der Waals surface area contributed by atoms with Crippen LogP contribution in [0.5, 0.6) is 0 Å². The van der Waals surface area contributed by atoms with Crippen molar-refractivity contribution in [3.05, 3.63) is 12.2 Å².